The maximum Gasteiger partial charge on any atom is 0.139 e. The Morgan fingerprint density at radius 3 is 1.95 bits per heavy atom. The summed E-state index contributed by atoms with van der Waals surface area (Å²) in [5.74, 6) is 2.98. The summed E-state index contributed by atoms with van der Waals surface area (Å²) in [5.41, 5.74) is 6.59. The zero-order valence-electron chi connectivity index (χ0n) is 13.2. The summed E-state index contributed by atoms with van der Waals surface area (Å²) in [5, 5.41) is 10.1. The van der Waals surface area contributed by atoms with E-state index in [1.165, 1.54) is 11.1 Å². The number of aliphatic hydroxyl groups is 1. The summed E-state index contributed by atoms with van der Waals surface area (Å²) in [6.07, 6.45) is 0.206. The first kappa shape index (κ1) is 17.0. The molecule has 0 heterocycles. The quantitative estimate of drug-likeness (QED) is 0.596. The Morgan fingerprint density at radius 1 is 0.955 bits per heavy atom. The van der Waals surface area contributed by atoms with Gasteiger partial charge in [-0.1, -0.05) is 77.9 Å². The van der Waals surface area contributed by atoms with Crippen LogP contribution in [0.2, 0.25) is 19.6 Å². The highest BCUT2D eigenvalue weighted by molar-refractivity contribution is 9.10. The van der Waals surface area contributed by atoms with Crippen molar-refractivity contribution >= 4 is 24.0 Å². The van der Waals surface area contributed by atoms with Crippen LogP contribution in [0, 0.1) is 11.5 Å². The molecule has 2 rings (SSSR count). The molecule has 2 aromatic carbocycles. The topological polar surface area (TPSA) is 20.2 Å². The van der Waals surface area contributed by atoms with Gasteiger partial charge in [-0.25, -0.2) is 0 Å². The molecule has 0 aromatic heterocycles. The van der Waals surface area contributed by atoms with E-state index in [4.69, 9.17) is 0 Å². The molecule has 0 spiro atoms. The predicted octanol–water partition coefficient (Wildman–Crippen LogP) is 4.95. The van der Waals surface area contributed by atoms with Crippen molar-refractivity contribution in [2.45, 2.75) is 32.2 Å². The van der Waals surface area contributed by atoms with Crippen LogP contribution in [0.25, 0.3) is 0 Å². The highest BCUT2D eigenvalue weighted by Gasteiger charge is 2.09. The fraction of sp³-hybridized carbons (Fsp3) is 0.263. The maximum atomic E-state index is 10.1. The van der Waals surface area contributed by atoms with Gasteiger partial charge >= 0.3 is 0 Å². The summed E-state index contributed by atoms with van der Waals surface area (Å²) in [6, 6.07) is 16.4. The molecule has 22 heavy (non-hydrogen) atoms. The van der Waals surface area contributed by atoms with Gasteiger partial charge in [0.25, 0.3) is 0 Å². The van der Waals surface area contributed by atoms with Crippen LogP contribution < -0.4 is 0 Å². The van der Waals surface area contributed by atoms with Crippen LogP contribution in [0.3, 0.4) is 0 Å². The first-order valence-corrected chi connectivity index (χ1v) is 11.7. The van der Waals surface area contributed by atoms with Gasteiger partial charge in [0.05, 0.1) is 0 Å². The van der Waals surface area contributed by atoms with E-state index in [1.807, 2.05) is 12.1 Å². The second-order valence-corrected chi connectivity index (χ2v) is 12.1. The SMILES string of the molecule is C[Si](C)(C)C#CC(O)c1ccc(Cc2ccc(Br)cc2)cc1. The molecule has 1 unspecified atom stereocenters. The number of aliphatic hydroxyl groups excluding tert-OH is 1. The third-order valence-corrected chi connectivity index (χ3v) is 4.62. The fourth-order valence-corrected chi connectivity index (χ4v) is 2.86. The molecule has 0 aliphatic rings. The zero-order valence-corrected chi connectivity index (χ0v) is 15.8. The van der Waals surface area contributed by atoms with Crippen LogP contribution in [0.4, 0.5) is 0 Å². The van der Waals surface area contributed by atoms with E-state index in [0.29, 0.717) is 0 Å². The minimum Gasteiger partial charge on any atom is -0.376 e. The molecule has 0 aliphatic carbocycles. The average molecular weight is 373 g/mol. The second-order valence-electron chi connectivity index (χ2n) is 6.47. The number of benzene rings is 2. The Hall–Kier alpha value is -1.34. The molecule has 0 saturated heterocycles. The lowest BCUT2D eigenvalue weighted by atomic mass is 10.0. The Morgan fingerprint density at radius 2 is 1.45 bits per heavy atom. The van der Waals surface area contributed by atoms with Crippen LogP contribution in [0.5, 0.6) is 0 Å². The minimum atomic E-state index is -1.44. The van der Waals surface area contributed by atoms with Crippen molar-refractivity contribution in [2.75, 3.05) is 0 Å². The van der Waals surface area contributed by atoms with Gasteiger partial charge in [0, 0.05) is 4.47 Å². The van der Waals surface area contributed by atoms with Crippen molar-refractivity contribution in [1.29, 1.82) is 0 Å². The highest BCUT2D eigenvalue weighted by Crippen LogP contribution is 2.17. The van der Waals surface area contributed by atoms with Crippen molar-refractivity contribution < 1.29 is 5.11 Å². The van der Waals surface area contributed by atoms with E-state index in [9.17, 15) is 5.11 Å². The number of hydrogen-bond donors (Lipinski definition) is 1. The van der Waals surface area contributed by atoms with Gasteiger partial charge in [0.1, 0.15) is 14.2 Å². The molecule has 0 fully saturated rings. The molecule has 3 heteroatoms. The van der Waals surface area contributed by atoms with Crippen LogP contribution >= 0.6 is 15.9 Å². The van der Waals surface area contributed by atoms with E-state index in [0.717, 1.165) is 16.5 Å². The standard InChI is InChI=1S/C19H21BrOSi/c1-22(2,3)13-12-19(21)17-8-4-15(5-9-17)14-16-6-10-18(20)11-7-16/h4-11,19,21H,14H2,1-3H3. The number of rotatable bonds is 3. The molecule has 1 nitrogen and oxygen atoms in total. The summed E-state index contributed by atoms with van der Waals surface area (Å²) in [6.45, 7) is 6.52. The molecule has 0 radical (unpaired) electrons. The van der Waals surface area contributed by atoms with Crippen LogP contribution in [-0.4, -0.2) is 13.2 Å². The highest BCUT2D eigenvalue weighted by atomic mass is 79.9. The smallest absolute Gasteiger partial charge is 0.139 e. The predicted molar refractivity (Wildman–Crippen MR) is 99.5 cm³/mol. The molecule has 1 atom stereocenters. The summed E-state index contributed by atoms with van der Waals surface area (Å²) in [4.78, 5) is 0. The third-order valence-electron chi connectivity index (χ3n) is 3.20. The Kier molecular flexibility index (Phi) is 5.63. The van der Waals surface area contributed by atoms with Gasteiger partial charge in [-0.2, -0.15) is 0 Å². The van der Waals surface area contributed by atoms with Gasteiger partial charge in [0.15, 0.2) is 0 Å². The maximum absolute atomic E-state index is 10.1. The van der Waals surface area contributed by atoms with E-state index in [-0.39, 0.29) is 0 Å². The Bertz CT molecular complexity index is 673. The molecule has 2 aromatic rings. The fourth-order valence-electron chi connectivity index (χ4n) is 2.02. The minimum absolute atomic E-state index is 0.687. The van der Waals surface area contributed by atoms with Gasteiger partial charge in [-0.05, 0) is 35.2 Å². The second kappa shape index (κ2) is 7.28. The summed E-state index contributed by atoms with van der Waals surface area (Å²) >= 11 is 3.45. The zero-order chi connectivity index (χ0) is 16.2. The average Bonchev–Trinajstić information content (AvgIpc) is 2.47. The molecule has 0 amide bonds. The van der Waals surface area contributed by atoms with Gasteiger partial charge < -0.3 is 5.11 Å². The van der Waals surface area contributed by atoms with Crippen molar-refractivity contribution in [1.82, 2.24) is 0 Å². The normalized spacial score (nSPS) is 12.4. The largest absolute Gasteiger partial charge is 0.376 e. The van der Waals surface area contributed by atoms with Crippen molar-refractivity contribution in [3.63, 3.8) is 0 Å². The summed E-state index contributed by atoms with van der Waals surface area (Å²) < 4.78 is 1.09. The van der Waals surface area contributed by atoms with E-state index in [2.05, 4.69) is 83.4 Å². The molecule has 114 valence electrons. The van der Waals surface area contributed by atoms with E-state index < -0.39 is 14.2 Å². The van der Waals surface area contributed by atoms with Crippen LogP contribution in [0.1, 0.15) is 22.8 Å². The molecular formula is C19H21BrOSi. The lowest BCUT2D eigenvalue weighted by Gasteiger charge is -2.08. The molecule has 0 aliphatic heterocycles. The number of halogens is 1. The first-order chi connectivity index (χ1) is 10.3. The van der Waals surface area contributed by atoms with Crippen molar-refractivity contribution in [3.8, 4) is 11.5 Å². The monoisotopic (exact) mass is 372 g/mol. The van der Waals surface area contributed by atoms with Gasteiger partial charge in [-0.3, -0.25) is 0 Å². The molecule has 0 bridgehead atoms. The lowest BCUT2D eigenvalue weighted by molar-refractivity contribution is 0.238. The Labute approximate surface area is 142 Å². The first-order valence-electron chi connectivity index (χ1n) is 7.37. The van der Waals surface area contributed by atoms with E-state index >= 15 is 0 Å². The molecule has 0 saturated carbocycles. The van der Waals surface area contributed by atoms with E-state index in [1.54, 1.807) is 0 Å². The van der Waals surface area contributed by atoms with Gasteiger partial charge in [0.2, 0.25) is 0 Å². The van der Waals surface area contributed by atoms with Gasteiger partial charge in [-0.15, -0.1) is 5.54 Å². The number of hydrogen-bond acceptors (Lipinski definition) is 1. The molecule has 1 N–H and O–H groups in total. The van der Waals surface area contributed by atoms with Crippen molar-refractivity contribution in [3.05, 3.63) is 69.7 Å². The van der Waals surface area contributed by atoms with Crippen molar-refractivity contribution in [2.24, 2.45) is 0 Å². The van der Waals surface area contributed by atoms with Crippen LogP contribution in [-0.2, 0) is 6.42 Å². The summed E-state index contributed by atoms with van der Waals surface area (Å²) in [7, 11) is -1.44. The molecular weight excluding hydrogens is 352 g/mol. The Balaban J connectivity index is 2.06. The third kappa shape index (κ3) is 5.45. The van der Waals surface area contributed by atoms with Crippen LogP contribution in [0.15, 0.2) is 53.0 Å². The lowest BCUT2D eigenvalue weighted by Crippen LogP contribution is -2.16.